The fraction of sp³-hybridized carbons (Fsp3) is 0.333. The molecule has 3 atom stereocenters. The van der Waals surface area contributed by atoms with Crippen LogP contribution in [-0.4, -0.2) is 11.0 Å². The Morgan fingerprint density at radius 1 is 0.935 bits per heavy atom. The van der Waals surface area contributed by atoms with Crippen LogP contribution in [0.1, 0.15) is 46.9 Å². The van der Waals surface area contributed by atoms with Gasteiger partial charge in [0.25, 0.3) is 0 Å². The molecule has 7 heteroatoms. The standard InChI is InChI=1S/C24H17F5S2/c25-20-14(21(26)23(28)24(29)22(20)27)2-1-10-9-15-17(31-10)6-4-13-18-11-7-8-30-16(11)5-3-12(18)19(13)15/h3-6,10,12,18H,1-2,7-9H2. The molecular formula is C24H17F5S2. The van der Waals surface area contributed by atoms with Crippen molar-refractivity contribution in [2.45, 2.75) is 47.7 Å². The molecule has 160 valence electrons. The highest BCUT2D eigenvalue weighted by Gasteiger charge is 2.45. The lowest BCUT2D eigenvalue weighted by atomic mass is 9.61. The number of thioether (sulfide) groups is 2. The summed E-state index contributed by atoms with van der Waals surface area (Å²) in [6.45, 7) is 0. The maximum Gasteiger partial charge on any atom is 0.200 e. The number of benzene rings is 2. The molecule has 31 heavy (non-hydrogen) atoms. The van der Waals surface area contributed by atoms with Gasteiger partial charge in [-0.2, -0.15) is 0 Å². The van der Waals surface area contributed by atoms with Crippen LogP contribution in [0.15, 0.2) is 39.7 Å². The number of allylic oxidation sites excluding steroid dienone is 3. The van der Waals surface area contributed by atoms with E-state index in [-0.39, 0.29) is 11.7 Å². The van der Waals surface area contributed by atoms with E-state index in [0.29, 0.717) is 18.3 Å². The normalized spacial score (nSPS) is 25.3. The number of halogens is 5. The fourth-order valence-electron chi connectivity index (χ4n) is 5.45. The van der Waals surface area contributed by atoms with Gasteiger partial charge in [0.05, 0.1) is 0 Å². The molecule has 0 bridgehead atoms. The second-order valence-corrected chi connectivity index (χ2v) is 10.9. The van der Waals surface area contributed by atoms with E-state index in [1.807, 2.05) is 11.8 Å². The third kappa shape index (κ3) is 2.81. The molecule has 0 nitrogen and oxygen atoms in total. The van der Waals surface area contributed by atoms with Gasteiger partial charge in [-0.1, -0.05) is 18.2 Å². The summed E-state index contributed by atoms with van der Waals surface area (Å²) in [4.78, 5) is 2.59. The molecule has 0 radical (unpaired) electrons. The molecular weight excluding hydrogens is 447 g/mol. The lowest BCUT2D eigenvalue weighted by Gasteiger charge is -2.43. The average Bonchev–Trinajstić information content (AvgIpc) is 3.38. The quantitative estimate of drug-likeness (QED) is 0.268. The topological polar surface area (TPSA) is 0 Å². The zero-order valence-electron chi connectivity index (χ0n) is 16.3. The predicted octanol–water partition coefficient (Wildman–Crippen LogP) is 7.17. The molecule has 3 unspecified atom stereocenters. The van der Waals surface area contributed by atoms with Gasteiger partial charge in [0, 0.05) is 38.2 Å². The average molecular weight is 465 g/mol. The van der Waals surface area contributed by atoms with Gasteiger partial charge in [0.1, 0.15) is 0 Å². The van der Waals surface area contributed by atoms with Crippen molar-refractivity contribution in [1.82, 2.24) is 0 Å². The van der Waals surface area contributed by atoms with E-state index in [9.17, 15) is 22.0 Å². The summed E-state index contributed by atoms with van der Waals surface area (Å²) in [6, 6.07) is 4.34. The van der Waals surface area contributed by atoms with Gasteiger partial charge < -0.3 is 0 Å². The van der Waals surface area contributed by atoms with Crippen molar-refractivity contribution in [3.63, 3.8) is 0 Å². The van der Waals surface area contributed by atoms with E-state index in [2.05, 4.69) is 24.3 Å². The molecule has 2 aliphatic carbocycles. The second-order valence-electron chi connectivity index (χ2n) is 8.43. The minimum atomic E-state index is -2.10. The van der Waals surface area contributed by atoms with Crippen molar-refractivity contribution in [2.75, 3.05) is 5.75 Å². The maximum atomic E-state index is 14.0. The van der Waals surface area contributed by atoms with Gasteiger partial charge in [-0.25, -0.2) is 22.0 Å². The minimum absolute atomic E-state index is 0.0555. The van der Waals surface area contributed by atoms with Crippen molar-refractivity contribution < 1.29 is 22.0 Å². The van der Waals surface area contributed by atoms with Crippen LogP contribution in [0.25, 0.3) is 0 Å². The first-order valence-corrected chi connectivity index (χ1v) is 12.2. The molecule has 2 aromatic rings. The largest absolute Gasteiger partial charge is 0.203 e. The van der Waals surface area contributed by atoms with E-state index in [4.69, 9.17) is 0 Å². The highest BCUT2D eigenvalue weighted by atomic mass is 32.2. The Morgan fingerprint density at radius 2 is 1.68 bits per heavy atom. The Bertz CT molecular complexity index is 1170. The summed E-state index contributed by atoms with van der Waals surface area (Å²) in [5.41, 5.74) is 4.91. The second kappa shape index (κ2) is 7.14. The monoisotopic (exact) mass is 464 g/mol. The zero-order chi connectivity index (χ0) is 21.4. The van der Waals surface area contributed by atoms with Crippen LogP contribution in [0.5, 0.6) is 0 Å². The van der Waals surface area contributed by atoms with Crippen LogP contribution in [0.4, 0.5) is 22.0 Å². The number of rotatable bonds is 3. The molecule has 6 rings (SSSR count). The van der Waals surface area contributed by atoms with Crippen LogP contribution in [-0.2, 0) is 12.8 Å². The van der Waals surface area contributed by atoms with Crippen molar-refractivity contribution >= 4 is 23.5 Å². The van der Waals surface area contributed by atoms with Gasteiger partial charge in [-0.15, -0.1) is 23.5 Å². The Kier molecular flexibility index (Phi) is 4.59. The molecule has 0 amide bonds. The predicted molar refractivity (Wildman–Crippen MR) is 113 cm³/mol. The molecule has 2 aliphatic heterocycles. The lowest BCUT2D eigenvalue weighted by molar-refractivity contribution is 0.369. The van der Waals surface area contributed by atoms with Gasteiger partial charge in [-0.3, -0.25) is 0 Å². The van der Waals surface area contributed by atoms with E-state index < -0.39 is 34.6 Å². The van der Waals surface area contributed by atoms with E-state index in [1.165, 1.54) is 26.5 Å². The molecule has 2 aromatic carbocycles. The molecule has 2 heterocycles. The van der Waals surface area contributed by atoms with Crippen LogP contribution in [0.3, 0.4) is 0 Å². The molecule has 0 spiro atoms. The smallest absolute Gasteiger partial charge is 0.200 e. The molecule has 0 aromatic heterocycles. The Labute approximate surface area is 185 Å². The fourth-order valence-corrected chi connectivity index (χ4v) is 7.91. The van der Waals surface area contributed by atoms with Crippen LogP contribution in [0.2, 0.25) is 0 Å². The minimum Gasteiger partial charge on any atom is -0.203 e. The van der Waals surface area contributed by atoms with Crippen LogP contribution in [0, 0.1) is 29.1 Å². The molecule has 0 saturated heterocycles. The van der Waals surface area contributed by atoms with Gasteiger partial charge >= 0.3 is 0 Å². The van der Waals surface area contributed by atoms with E-state index in [0.717, 1.165) is 18.6 Å². The Balaban J connectivity index is 1.23. The number of hydrogen-bond acceptors (Lipinski definition) is 2. The van der Waals surface area contributed by atoms with Crippen LogP contribution < -0.4 is 0 Å². The summed E-state index contributed by atoms with van der Waals surface area (Å²) < 4.78 is 68.3. The zero-order valence-corrected chi connectivity index (χ0v) is 17.9. The third-order valence-electron chi connectivity index (χ3n) is 6.89. The van der Waals surface area contributed by atoms with E-state index in [1.54, 1.807) is 17.3 Å². The summed E-state index contributed by atoms with van der Waals surface area (Å²) in [6.07, 6.45) is 6.62. The van der Waals surface area contributed by atoms with Gasteiger partial charge in [0.2, 0.25) is 5.82 Å². The highest BCUT2D eigenvalue weighted by Crippen LogP contribution is 2.61. The number of fused-ring (bicyclic) bond motifs is 7. The number of hydrogen-bond donors (Lipinski definition) is 0. The molecule has 0 saturated carbocycles. The van der Waals surface area contributed by atoms with E-state index >= 15 is 0 Å². The Morgan fingerprint density at radius 3 is 2.45 bits per heavy atom. The van der Waals surface area contributed by atoms with Gasteiger partial charge in [0.15, 0.2) is 23.3 Å². The molecule has 0 N–H and O–H groups in total. The third-order valence-corrected chi connectivity index (χ3v) is 9.38. The van der Waals surface area contributed by atoms with Crippen LogP contribution >= 0.6 is 23.5 Å². The summed E-state index contributed by atoms with van der Waals surface area (Å²) in [5.74, 6) is -7.24. The highest BCUT2D eigenvalue weighted by molar-refractivity contribution is 8.03. The SMILES string of the molecule is Fc1c(F)c(F)c(CCC2Cc3c(ccc4c3C3C=CC5=C(CCS5)C43)S2)c(F)c1F. The molecule has 4 aliphatic rings. The van der Waals surface area contributed by atoms with Crippen molar-refractivity contribution in [2.24, 2.45) is 0 Å². The van der Waals surface area contributed by atoms with Crippen molar-refractivity contribution in [3.05, 3.63) is 86.1 Å². The van der Waals surface area contributed by atoms with Crippen molar-refractivity contribution in [1.29, 1.82) is 0 Å². The first kappa shape index (κ1) is 19.9. The first-order valence-electron chi connectivity index (χ1n) is 10.3. The van der Waals surface area contributed by atoms with Crippen molar-refractivity contribution in [3.8, 4) is 0 Å². The Hall–Kier alpha value is -1.73. The summed E-state index contributed by atoms with van der Waals surface area (Å²) in [7, 11) is 0. The maximum absolute atomic E-state index is 14.0. The molecule has 0 fully saturated rings. The van der Waals surface area contributed by atoms with Gasteiger partial charge in [-0.05, 0) is 54.0 Å². The summed E-state index contributed by atoms with van der Waals surface area (Å²) in [5, 5.41) is 0.0555. The summed E-state index contributed by atoms with van der Waals surface area (Å²) >= 11 is 3.57. The lowest BCUT2D eigenvalue weighted by Crippen LogP contribution is -2.28. The first-order chi connectivity index (χ1) is 15.0.